The van der Waals surface area contributed by atoms with Gasteiger partial charge in [0.15, 0.2) is 0 Å². The Bertz CT molecular complexity index is 468. The van der Waals surface area contributed by atoms with E-state index in [1.165, 1.54) is 12.1 Å². The normalized spacial score (nSPS) is 11.3. The van der Waals surface area contributed by atoms with Crippen LogP contribution in [0.25, 0.3) is 0 Å². The van der Waals surface area contributed by atoms with Gasteiger partial charge in [-0.1, -0.05) is 11.6 Å². The molecule has 0 atom stereocenters. The number of nitro groups is 1. The van der Waals surface area contributed by atoms with Crippen LogP contribution in [0.3, 0.4) is 0 Å². The van der Waals surface area contributed by atoms with Crippen molar-refractivity contribution in [1.29, 1.82) is 0 Å². The second kappa shape index (κ2) is 4.52. The molecule has 0 aromatic heterocycles. The molecule has 0 unspecified atom stereocenters. The van der Waals surface area contributed by atoms with Gasteiger partial charge in [0, 0.05) is 18.1 Å². The molecule has 1 aromatic rings. The zero-order chi connectivity index (χ0) is 13.2. The minimum absolute atomic E-state index is 0.225. The van der Waals surface area contributed by atoms with E-state index in [9.17, 15) is 28.1 Å². The molecule has 4 nitrogen and oxygen atoms in total. The van der Waals surface area contributed by atoms with Crippen LogP contribution in [0.1, 0.15) is 11.1 Å². The van der Waals surface area contributed by atoms with E-state index in [0.717, 1.165) is 6.07 Å². The van der Waals surface area contributed by atoms with Crippen molar-refractivity contribution in [2.75, 3.05) is 0 Å². The predicted molar refractivity (Wildman–Crippen MR) is 52.6 cm³/mol. The van der Waals surface area contributed by atoms with Crippen molar-refractivity contribution in [2.45, 2.75) is 19.5 Å². The van der Waals surface area contributed by atoms with Gasteiger partial charge in [-0.25, -0.2) is 0 Å². The molecule has 0 bridgehead atoms. The number of benzene rings is 1. The number of nitrogens with zero attached hydrogens (tertiary/aromatic N) is 1. The number of carbonyl (C=O) groups is 1. The number of ketones is 1. The molecule has 0 aliphatic carbocycles. The molecule has 0 aliphatic heterocycles. The Kier molecular flexibility index (Phi) is 3.50. The number of alkyl halides is 3. The van der Waals surface area contributed by atoms with Crippen LogP contribution in [0.4, 0.5) is 18.9 Å². The topological polar surface area (TPSA) is 60.2 Å². The lowest BCUT2D eigenvalue weighted by atomic mass is 10.0. The van der Waals surface area contributed by atoms with E-state index in [0.29, 0.717) is 5.56 Å². The number of Topliss-reactive ketones (excluding diaryl/α,β-unsaturated/α-hetero) is 1. The zero-order valence-corrected chi connectivity index (χ0v) is 8.75. The van der Waals surface area contributed by atoms with Crippen molar-refractivity contribution in [3.63, 3.8) is 0 Å². The zero-order valence-electron chi connectivity index (χ0n) is 8.75. The van der Waals surface area contributed by atoms with Gasteiger partial charge in [0.05, 0.1) is 4.92 Å². The molecule has 0 spiro atoms. The molecular weight excluding hydrogens is 239 g/mol. The summed E-state index contributed by atoms with van der Waals surface area (Å²) < 4.78 is 36.1. The van der Waals surface area contributed by atoms with Crippen molar-refractivity contribution in [1.82, 2.24) is 0 Å². The van der Waals surface area contributed by atoms with Crippen LogP contribution in [-0.4, -0.2) is 16.9 Å². The van der Waals surface area contributed by atoms with Crippen LogP contribution in [0.15, 0.2) is 18.2 Å². The number of aryl methyl sites for hydroxylation is 1. The van der Waals surface area contributed by atoms with Crippen LogP contribution in [0, 0.1) is 17.0 Å². The SMILES string of the molecule is Cc1ccc([N+](=O)[O-])c(CC(=O)C(F)(F)F)c1. The Labute approximate surface area is 94.2 Å². The molecule has 0 fully saturated rings. The smallest absolute Gasteiger partial charge is 0.289 e. The lowest BCUT2D eigenvalue weighted by Crippen LogP contribution is -2.24. The fourth-order valence-electron chi connectivity index (χ4n) is 1.31. The first-order valence-corrected chi connectivity index (χ1v) is 4.55. The van der Waals surface area contributed by atoms with Crippen molar-refractivity contribution in [2.24, 2.45) is 0 Å². The van der Waals surface area contributed by atoms with Crippen LogP contribution < -0.4 is 0 Å². The Morgan fingerprint density at radius 1 is 1.41 bits per heavy atom. The maximum Gasteiger partial charge on any atom is 0.450 e. The highest BCUT2D eigenvalue weighted by Crippen LogP contribution is 2.24. The first-order valence-electron chi connectivity index (χ1n) is 4.55. The van der Waals surface area contributed by atoms with E-state index < -0.39 is 29.0 Å². The van der Waals surface area contributed by atoms with Crippen molar-refractivity contribution in [3.8, 4) is 0 Å². The molecule has 0 saturated heterocycles. The molecule has 92 valence electrons. The molecular formula is C10H8F3NO3. The van der Waals surface area contributed by atoms with Gasteiger partial charge >= 0.3 is 6.18 Å². The lowest BCUT2D eigenvalue weighted by molar-refractivity contribution is -0.385. The maximum atomic E-state index is 12.0. The fourth-order valence-corrected chi connectivity index (χ4v) is 1.31. The first kappa shape index (κ1) is 13.1. The van der Waals surface area contributed by atoms with Gasteiger partial charge in [-0.3, -0.25) is 14.9 Å². The van der Waals surface area contributed by atoms with Gasteiger partial charge < -0.3 is 0 Å². The summed E-state index contributed by atoms with van der Waals surface area (Å²) >= 11 is 0. The van der Waals surface area contributed by atoms with E-state index >= 15 is 0 Å². The fraction of sp³-hybridized carbons (Fsp3) is 0.300. The Balaban J connectivity index is 3.09. The molecule has 17 heavy (non-hydrogen) atoms. The second-order valence-corrected chi connectivity index (χ2v) is 3.49. The Morgan fingerprint density at radius 3 is 2.47 bits per heavy atom. The number of hydrogen-bond acceptors (Lipinski definition) is 3. The second-order valence-electron chi connectivity index (χ2n) is 3.49. The minimum Gasteiger partial charge on any atom is -0.289 e. The molecule has 0 radical (unpaired) electrons. The summed E-state index contributed by atoms with van der Waals surface area (Å²) in [6.07, 6.45) is -5.99. The van der Waals surface area contributed by atoms with Gasteiger partial charge in [0.25, 0.3) is 5.69 Å². The van der Waals surface area contributed by atoms with E-state index in [-0.39, 0.29) is 5.56 Å². The molecule has 0 saturated carbocycles. The highest BCUT2D eigenvalue weighted by molar-refractivity contribution is 5.86. The van der Waals surface area contributed by atoms with Gasteiger partial charge in [0.2, 0.25) is 5.78 Å². The Morgan fingerprint density at radius 2 is 2.00 bits per heavy atom. The van der Waals surface area contributed by atoms with Crippen LogP contribution >= 0.6 is 0 Å². The summed E-state index contributed by atoms with van der Waals surface area (Å²) in [7, 11) is 0. The monoisotopic (exact) mass is 247 g/mol. The highest BCUT2D eigenvalue weighted by atomic mass is 19.4. The number of rotatable bonds is 3. The molecule has 7 heteroatoms. The number of hydrogen-bond donors (Lipinski definition) is 0. The average molecular weight is 247 g/mol. The van der Waals surface area contributed by atoms with Gasteiger partial charge in [-0.05, 0) is 13.0 Å². The third kappa shape index (κ3) is 3.27. The summed E-state index contributed by atoms with van der Waals surface area (Å²) in [6, 6.07) is 3.70. The van der Waals surface area contributed by atoms with E-state index in [1.54, 1.807) is 6.92 Å². The highest BCUT2D eigenvalue weighted by Gasteiger charge is 2.38. The summed E-state index contributed by atoms with van der Waals surface area (Å²) in [4.78, 5) is 20.5. The number of carbonyl (C=O) groups excluding carboxylic acids is 1. The van der Waals surface area contributed by atoms with Crippen molar-refractivity contribution in [3.05, 3.63) is 39.4 Å². The van der Waals surface area contributed by atoms with Gasteiger partial charge in [0.1, 0.15) is 0 Å². The van der Waals surface area contributed by atoms with Gasteiger partial charge in [-0.15, -0.1) is 0 Å². The molecule has 0 aliphatic rings. The maximum absolute atomic E-state index is 12.0. The van der Waals surface area contributed by atoms with Crippen molar-refractivity contribution < 1.29 is 22.9 Å². The van der Waals surface area contributed by atoms with Crippen LogP contribution in [0.2, 0.25) is 0 Å². The standard InChI is InChI=1S/C10H8F3NO3/c1-6-2-3-8(14(16)17)7(4-6)5-9(15)10(11,12)13/h2-4H,5H2,1H3. The molecule has 0 amide bonds. The summed E-state index contributed by atoms with van der Waals surface area (Å²) in [6.45, 7) is 1.57. The van der Waals surface area contributed by atoms with Crippen LogP contribution in [0.5, 0.6) is 0 Å². The third-order valence-electron chi connectivity index (χ3n) is 2.10. The van der Waals surface area contributed by atoms with Crippen molar-refractivity contribution >= 4 is 11.5 Å². The number of nitro benzene ring substituents is 1. The molecule has 0 N–H and O–H groups in total. The quantitative estimate of drug-likeness (QED) is 0.609. The Hall–Kier alpha value is -1.92. The summed E-state index contributed by atoms with van der Waals surface area (Å²) in [5, 5.41) is 10.6. The largest absolute Gasteiger partial charge is 0.450 e. The van der Waals surface area contributed by atoms with E-state index in [4.69, 9.17) is 0 Å². The lowest BCUT2D eigenvalue weighted by Gasteiger charge is -2.06. The van der Waals surface area contributed by atoms with Gasteiger partial charge in [-0.2, -0.15) is 13.2 Å². The van der Waals surface area contributed by atoms with Crippen LogP contribution in [-0.2, 0) is 11.2 Å². The minimum atomic E-state index is -4.97. The third-order valence-corrected chi connectivity index (χ3v) is 2.10. The van der Waals surface area contributed by atoms with E-state index in [1.807, 2.05) is 0 Å². The van der Waals surface area contributed by atoms with E-state index in [2.05, 4.69) is 0 Å². The summed E-state index contributed by atoms with van der Waals surface area (Å²) in [5.74, 6) is -1.99. The first-order chi connectivity index (χ1) is 7.71. The average Bonchev–Trinajstić information content (AvgIpc) is 2.15. The molecule has 1 rings (SSSR count). The number of halogens is 3. The molecule has 0 heterocycles. The summed E-state index contributed by atoms with van der Waals surface area (Å²) in [5.41, 5.74) is -0.147. The molecule has 1 aromatic carbocycles. The predicted octanol–water partition coefficient (Wildman–Crippen LogP) is 2.58.